The molecule has 0 saturated carbocycles. The van der Waals surface area contributed by atoms with E-state index in [1.165, 1.54) is 0 Å². The van der Waals surface area contributed by atoms with Crippen molar-refractivity contribution in [2.45, 2.75) is 5.34 Å². The predicted molar refractivity (Wildman–Crippen MR) is 41.0 cm³/mol. The molecule has 0 spiro atoms. The van der Waals surface area contributed by atoms with E-state index in [9.17, 15) is 17.8 Å². The Kier molecular flexibility index (Phi) is 3.44. The first-order valence-corrected chi connectivity index (χ1v) is 6.09. The van der Waals surface area contributed by atoms with Gasteiger partial charge in [-0.2, -0.15) is 8.42 Å². The van der Waals surface area contributed by atoms with Crippen molar-refractivity contribution in [1.29, 1.82) is 0 Å². The molecular weight excluding hydrogens is 243 g/mol. The molecule has 14 heavy (non-hydrogen) atoms. The second-order valence-electron chi connectivity index (χ2n) is 2.39. The molecule has 0 aliphatic carbocycles. The van der Waals surface area contributed by atoms with E-state index in [1.807, 2.05) is 0 Å². The third kappa shape index (κ3) is 3.01. The lowest BCUT2D eigenvalue weighted by molar-refractivity contribution is -0.149. The zero-order chi connectivity index (χ0) is 11.8. The Bertz CT molecular complexity index is 377. The van der Waals surface area contributed by atoms with Crippen LogP contribution in [0.1, 0.15) is 0 Å². The Balaban J connectivity index is 5.37. The highest BCUT2D eigenvalue weighted by Gasteiger charge is 2.55. The molecule has 0 aliphatic rings. The molecule has 84 valence electrons. The van der Waals surface area contributed by atoms with E-state index < -0.39 is 34.8 Å². The average molecular weight is 250 g/mol. The van der Waals surface area contributed by atoms with Crippen LogP contribution in [0.25, 0.3) is 0 Å². The Hall–Kier alpha value is -0.510. The summed E-state index contributed by atoms with van der Waals surface area (Å²) in [6, 6.07) is 0. The number of aliphatic carboxylic acids is 1. The van der Waals surface area contributed by atoms with Gasteiger partial charge in [0.05, 0.1) is 0 Å². The standard InChI is InChI=1S/C3H7O9PS/c4-2(5)3(6,13(7,8)9)1-14(10,11)12/h6H,1H2,(H,4,5)(H2,7,8,9)(H,10,11,12)/t3-/m0/s1. The highest BCUT2D eigenvalue weighted by atomic mass is 32.2. The van der Waals surface area contributed by atoms with Crippen molar-refractivity contribution in [2.75, 3.05) is 5.75 Å². The number of hydrogen-bond donors (Lipinski definition) is 5. The van der Waals surface area contributed by atoms with E-state index in [0.717, 1.165) is 0 Å². The summed E-state index contributed by atoms with van der Waals surface area (Å²) in [6.07, 6.45) is 0. The normalized spacial score (nSPS) is 17.4. The number of carboxylic acid groups (broad SMARTS) is 1. The smallest absolute Gasteiger partial charge is 0.369 e. The van der Waals surface area contributed by atoms with Crippen LogP contribution in [0.2, 0.25) is 0 Å². The van der Waals surface area contributed by atoms with E-state index >= 15 is 0 Å². The lowest BCUT2D eigenvalue weighted by Gasteiger charge is -2.22. The van der Waals surface area contributed by atoms with Gasteiger partial charge in [-0.25, -0.2) is 4.79 Å². The molecule has 0 aromatic carbocycles. The molecule has 1 atom stereocenters. The molecule has 0 rings (SSSR count). The first-order valence-electron chi connectivity index (χ1n) is 2.87. The maximum atomic E-state index is 10.5. The number of rotatable bonds is 4. The van der Waals surface area contributed by atoms with Gasteiger partial charge in [0.15, 0.2) is 0 Å². The minimum Gasteiger partial charge on any atom is -0.479 e. The molecular formula is C3H7O9PS. The van der Waals surface area contributed by atoms with Crippen molar-refractivity contribution < 1.29 is 42.3 Å². The number of aliphatic hydroxyl groups is 1. The monoisotopic (exact) mass is 250 g/mol. The van der Waals surface area contributed by atoms with Gasteiger partial charge in [-0.15, -0.1) is 0 Å². The van der Waals surface area contributed by atoms with Crippen LogP contribution in [0.3, 0.4) is 0 Å². The van der Waals surface area contributed by atoms with Crippen LogP contribution in [0.15, 0.2) is 0 Å². The van der Waals surface area contributed by atoms with Gasteiger partial charge in [0.25, 0.3) is 15.5 Å². The van der Waals surface area contributed by atoms with E-state index in [0.29, 0.717) is 0 Å². The van der Waals surface area contributed by atoms with Crippen LogP contribution in [0.5, 0.6) is 0 Å². The predicted octanol–water partition coefficient (Wildman–Crippen LogP) is -2.17. The second kappa shape index (κ2) is 3.57. The summed E-state index contributed by atoms with van der Waals surface area (Å²) in [6.45, 7) is 0. The average Bonchev–Trinajstić information content (AvgIpc) is 1.79. The quantitative estimate of drug-likeness (QED) is 0.275. The third-order valence-corrected chi connectivity index (χ3v) is 3.52. The fourth-order valence-corrected chi connectivity index (χ4v) is 2.57. The second-order valence-corrected chi connectivity index (χ2v) is 5.67. The lowest BCUT2D eigenvalue weighted by atomic mass is 10.4. The van der Waals surface area contributed by atoms with Crippen LogP contribution >= 0.6 is 7.60 Å². The van der Waals surface area contributed by atoms with Crippen LogP contribution < -0.4 is 0 Å². The maximum absolute atomic E-state index is 10.5. The number of hydrogen-bond acceptors (Lipinski definition) is 5. The van der Waals surface area contributed by atoms with E-state index in [-0.39, 0.29) is 0 Å². The minimum atomic E-state index is -5.62. The maximum Gasteiger partial charge on any atom is 0.369 e. The van der Waals surface area contributed by atoms with Crippen molar-refractivity contribution in [3.63, 3.8) is 0 Å². The highest BCUT2D eigenvalue weighted by molar-refractivity contribution is 7.86. The van der Waals surface area contributed by atoms with Gasteiger partial charge >= 0.3 is 13.6 Å². The van der Waals surface area contributed by atoms with Crippen molar-refractivity contribution in [3.05, 3.63) is 0 Å². The first-order chi connectivity index (χ1) is 5.90. The van der Waals surface area contributed by atoms with Crippen LogP contribution in [-0.2, 0) is 19.5 Å². The number of carboxylic acids is 1. The summed E-state index contributed by atoms with van der Waals surface area (Å²) in [7, 11) is -10.7. The molecule has 0 unspecified atom stereocenters. The zero-order valence-corrected chi connectivity index (χ0v) is 8.14. The first kappa shape index (κ1) is 13.5. The van der Waals surface area contributed by atoms with Gasteiger partial charge in [0.1, 0.15) is 5.75 Å². The largest absolute Gasteiger partial charge is 0.479 e. The molecule has 0 fully saturated rings. The highest BCUT2D eigenvalue weighted by Crippen LogP contribution is 2.49. The van der Waals surface area contributed by atoms with E-state index in [4.69, 9.17) is 24.6 Å². The minimum absolute atomic E-state index is 1.99. The molecule has 5 N–H and O–H groups in total. The Morgan fingerprint density at radius 1 is 1.36 bits per heavy atom. The Morgan fingerprint density at radius 2 is 1.71 bits per heavy atom. The van der Waals surface area contributed by atoms with Crippen molar-refractivity contribution in [2.24, 2.45) is 0 Å². The van der Waals surface area contributed by atoms with Crippen molar-refractivity contribution in [3.8, 4) is 0 Å². The van der Waals surface area contributed by atoms with Crippen molar-refractivity contribution >= 4 is 23.7 Å². The molecule has 0 bridgehead atoms. The summed E-state index contributed by atoms with van der Waals surface area (Å²) in [5.41, 5.74) is 0. The van der Waals surface area contributed by atoms with Crippen molar-refractivity contribution in [1.82, 2.24) is 0 Å². The molecule has 0 aromatic rings. The van der Waals surface area contributed by atoms with Gasteiger partial charge in [0.2, 0.25) is 0 Å². The third-order valence-electron chi connectivity index (χ3n) is 1.21. The Labute approximate surface area is 77.9 Å². The SMILES string of the molecule is O=C(O)[C@](O)(CS(=O)(=O)O)P(=O)(O)O. The fourth-order valence-electron chi connectivity index (χ4n) is 0.525. The summed E-state index contributed by atoms with van der Waals surface area (Å²) in [4.78, 5) is 27.0. The van der Waals surface area contributed by atoms with Gasteiger partial charge in [-0.3, -0.25) is 9.12 Å². The zero-order valence-electron chi connectivity index (χ0n) is 6.43. The van der Waals surface area contributed by atoms with E-state index in [2.05, 4.69) is 0 Å². The molecule has 11 heteroatoms. The number of carbonyl (C=O) groups is 1. The molecule has 0 radical (unpaired) electrons. The molecule has 0 aromatic heterocycles. The van der Waals surface area contributed by atoms with Gasteiger partial charge in [0, 0.05) is 0 Å². The van der Waals surface area contributed by atoms with Gasteiger partial charge in [-0.1, -0.05) is 0 Å². The van der Waals surface area contributed by atoms with Crippen LogP contribution in [0.4, 0.5) is 0 Å². The topological polar surface area (TPSA) is 169 Å². The molecule has 0 aliphatic heterocycles. The molecule has 0 amide bonds. The van der Waals surface area contributed by atoms with Crippen LogP contribution in [-0.4, -0.2) is 50.0 Å². The van der Waals surface area contributed by atoms with E-state index in [1.54, 1.807) is 0 Å². The molecule has 9 nitrogen and oxygen atoms in total. The summed E-state index contributed by atoms with van der Waals surface area (Å²) < 4.78 is 39.0. The van der Waals surface area contributed by atoms with Crippen LogP contribution in [0, 0.1) is 0 Å². The van der Waals surface area contributed by atoms with Gasteiger partial charge in [-0.05, 0) is 0 Å². The molecule has 0 saturated heterocycles. The van der Waals surface area contributed by atoms with Gasteiger partial charge < -0.3 is 20.0 Å². The Morgan fingerprint density at radius 3 is 1.79 bits per heavy atom. The lowest BCUT2D eigenvalue weighted by Crippen LogP contribution is -2.44. The summed E-state index contributed by atoms with van der Waals surface area (Å²) in [5, 5.41) is 13.2. The fraction of sp³-hybridized carbons (Fsp3) is 0.667. The molecule has 0 heterocycles. The summed E-state index contributed by atoms with van der Waals surface area (Å²) >= 11 is 0. The summed E-state index contributed by atoms with van der Waals surface area (Å²) in [5.74, 6) is -4.43.